The quantitative estimate of drug-likeness (QED) is 0.375. The van der Waals surface area contributed by atoms with Crippen LogP contribution in [0.15, 0.2) is 66.9 Å². The number of nitrogens with zero attached hydrogens (tertiary/aromatic N) is 3. The molecule has 0 saturated carbocycles. The molecule has 2 atom stereocenters. The van der Waals surface area contributed by atoms with Crippen molar-refractivity contribution in [2.24, 2.45) is 5.92 Å². The molecule has 3 heterocycles. The van der Waals surface area contributed by atoms with E-state index in [9.17, 15) is 14.4 Å². The summed E-state index contributed by atoms with van der Waals surface area (Å²) in [6.45, 7) is 2.37. The van der Waals surface area contributed by atoms with Crippen molar-refractivity contribution >= 4 is 17.6 Å². The molecule has 5 rings (SSSR count). The molecule has 0 spiro atoms. The summed E-state index contributed by atoms with van der Waals surface area (Å²) in [5.41, 5.74) is 2.18. The van der Waals surface area contributed by atoms with Gasteiger partial charge in [-0.25, -0.2) is 4.39 Å². The zero-order valence-corrected chi connectivity index (χ0v) is 24.5. The number of piperidine rings is 2. The molecule has 2 aromatic carbocycles. The Morgan fingerprint density at radius 2 is 1.63 bits per heavy atom. The smallest absolute Gasteiger partial charge is 0.272 e. The fourth-order valence-electron chi connectivity index (χ4n) is 5.71. The Balaban J connectivity index is 1.09. The first-order valence-corrected chi connectivity index (χ1v) is 14.6. The van der Waals surface area contributed by atoms with Crippen molar-refractivity contribution in [3.8, 4) is 11.5 Å². The molecule has 2 aliphatic heterocycles. The van der Waals surface area contributed by atoms with Crippen molar-refractivity contribution in [3.63, 3.8) is 0 Å². The molecule has 0 bridgehead atoms. The lowest BCUT2D eigenvalue weighted by molar-refractivity contribution is 0.0645. The van der Waals surface area contributed by atoms with Crippen LogP contribution in [0.4, 0.5) is 4.39 Å². The first kappa shape index (κ1) is 30.2. The normalized spacial score (nSPS) is 19.5. The van der Waals surface area contributed by atoms with Crippen LogP contribution >= 0.6 is 0 Å². The average molecular weight is 589 g/mol. The van der Waals surface area contributed by atoms with Crippen LogP contribution < -0.4 is 14.8 Å². The number of likely N-dealkylation sites (tertiary alicyclic amines) is 2. The molecule has 0 radical (unpaired) electrons. The molecular formula is C33H37FN4O5. The number of carbonyl (C=O) groups is 3. The number of rotatable bonds is 9. The molecule has 2 saturated heterocycles. The average Bonchev–Trinajstić information content (AvgIpc) is 3.05. The summed E-state index contributed by atoms with van der Waals surface area (Å²) in [5.74, 6) is 0.722. The molecule has 2 fully saturated rings. The Morgan fingerprint density at radius 3 is 2.28 bits per heavy atom. The van der Waals surface area contributed by atoms with Crippen LogP contribution in [0.5, 0.6) is 11.5 Å². The summed E-state index contributed by atoms with van der Waals surface area (Å²) in [6.07, 6.45) is 1.77. The minimum atomic E-state index is -1.21. The summed E-state index contributed by atoms with van der Waals surface area (Å²) < 4.78 is 25.5. The number of halogens is 1. The Kier molecular flexibility index (Phi) is 9.66. The Morgan fingerprint density at radius 1 is 0.907 bits per heavy atom. The summed E-state index contributed by atoms with van der Waals surface area (Å²) in [4.78, 5) is 46.8. The van der Waals surface area contributed by atoms with Crippen molar-refractivity contribution in [1.82, 2.24) is 20.1 Å². The lowest BCUT2D eigenvalue weighted by Crippen LogP contribution is -2.52. The van der Waals surface area contributed by atoms with Gasteiger partial charge in [-0.2, -0.15) is 0 Å². The van der Waals surface area contributed by atoms with Gasteiger partial charge in [-0.3, -0.25) is 24.3 Å². The summed E-state index contributed by atoms with van der Waals surface area (Å²) in [7, 11) is 3.20. The number of benzene rings is 2. The molecule has 1 N–H and O–H groups in total. The zero-order valence-electron chi connectivity index (χ0n) is 24.5. The number of pyridine rings is 1. The summed E-state index contributed by atoms with van der Waals surface area (Å²) >= 11 is 0. The van der Waals surface area contributed by atoms with E-state index in [1.54, 1.807) is 49.5 Å². The predicted molar refractivity (Wildman–Crippen MR) is 159 cm³/mol. The van der Waals surface area contributed by atoms with E-state index in [2.05, 4.69) is 10.3 Å². The highest BCUT2D eigenvalue weighted by Gasteiger charge is 2.31. The SMILES string of the molecule is COc1ccc(C(=O)C2CCN(C(=O)c3ccc(C(=O)NC4CCN(Cc5cccc(OC)c5)C[C@H]4F)cn3)CC2)cc1. The second-order valence-corrected chi connectivity index (χ2v) is 11.1. The van der Waals surface area contributed by atoms with E-state index < -0.39 is 18.1 Å². The Bertz CT molecular complexity index is 1420. The Labute approximate surface area is 251 Å². The van der Waals surface area contributed by atoms with Crippen LogP contribution in [0.3, 0.4) is 0 Å². The van der Waals surface area contributed by atoms with Crippen LogP contribution in [0.1, 0.15) is 56.0 Å². The third-order valence-corrected chi connectivity index (χ3v) is 8.25. The van der Waals surface area contributed by atoms with E-state index in [4.69, 9.17) is 9.47 Å². The van der Waals surface area contributed by atoms with Crippen molar-refractivity contribution in [2.75, 3.05) is 40.4 Å². The minimum Gasteiger partial charge on any atom is -0.497 e. The van der Waals surface area contributed by atoms with Crippen molar-refractivity contribution in [1.29, 1.82) is 0 Å². The number of hydrogen-bond donors (Lipinski definition) is 1. The molecular weight excluding hydrogens is 551 g/mol. The van der Waals surface area contributed by atoms with Gasteiger partial charge in [-0.05, 0) is 73.4 Å². The monoisotopic (exact) mass is 588 g/mol. The second kappa shape index (κ2) is 13.8. The number of hydrogen-bond acceptors (Lipinski definition) is 7. The van der Waals surface area contributed by atoms with E-state index in [1.807, 2.05) is 29.2 Å². The lowest BCUT2D eigenvalue weighted by Gasteiger charge is -2.35. The number of aromatic nitrogens is 1. The highest BCUT2D eigenvalue weighted by atomic mass is 19.1. The number of alkyl halides is 1. The predicted octanol–water partition coefficient (Wildman–Crippen LogP) is 4.18. The van der Waals surface area contributed by atoms with Gasteiger partial charge in [0.15, 0.2) is 5.78 Å². The molecule has 0 aliphatic carbocycles. The number of amides is 2. The van der Waals surface area contributed by atoms with E-state index in [0.29, 0.717) is 56.8 Å². The van der Waals surface area contributed by atoms with Gasteiger partial charge in [0.1, 0.15) is 23.4 Å². The number of carbonyl (C=O) groups excluding carboxylic acids is 3. The maximum Gasteiger partial charge on any atom is 0.272 e. The van der Waals surface area contributed by atoms with Gasteiger partial charge in [-0.15, -0.1) is 0 Å². The van der Waals surface area contributed by atoms with Gasteiger partial charge >= 0.3 is 0 Å². The minimum absolute atomic E-state index is 0.0706. The van der Waals surface area contributed by atoms with Crippen molar-refractivity contribution < 1.29 is 28.2 Å². The molecule has 1 unspecified atom stereocenters. The fraction of sp³-hybridized carbons (Fsp3) is 0.394. The molecule has 10 heteroatoms. The molecule has 9 nitrogen and oxygen atoms in total. The number of methoxy groups -OCH3 is 2. The number of nitrogens with one attached hydrogen (secondary N) is 1. The van der Waals surface area contributed by atoms with E-state index in [0.717, 1.165) is 11.3 Å². The highest BCUT2D eigenvalue weighted by molar-refractivity contribution is 5.99. The molecule has 2 aliphatic rings. The van der Waals surface area contributed by atoms with Crippen LogP contribution in [-0.2, 0) is 6.54 Å². The summed E-state index contributed by atoms with van der Waals surface area (Å²) in [6, 6.07) is 17.2. The van der Waals surface area contributed by atoms with Gasteiger partial charge in [0.05, 0.1) is 25.8 Å². The standard InChI is InChI=1S/C33H37FN4O5/c1-42-26-9-6-23(7-10-26)31(39)24-12-16-38(17-13-24)33(41)30-11-8-25(19-35-30)32(40)36-29-14-15-37(21-28(29)34)20-22-4-3-5-27(18-22)43-2/h3-11,18-19,24,28-29H,12-17,20-21H2,1-2H3,(H,36,40)/t28-,29?/m1/s1. The van der Waals surface area contributed by atoms with Gasteiger partial charge in [0.25, 0.3) is 11.8 Å². The van der Waals surface area contributed by atoms with Crippen LogP contribution in [0.2, 0.25) is 0 Å². The Hall–Kier alpha value is -4.31. The maximum atomic E-state index is 15.0. The topological polar surface area (TPSA) is 101 Å². The second-order valence-electron chi connectivity index (χ2n) is 11.1. The summed E-state index contributed by atoms with van der Waals surface area (Å²) in [5, 5.41) is 2.80. The van der Waals surface area contributed by atoms with E-state index in [1.165, 1.54) is 12.3 Å². The molecule has 1 aromatic heterocycles. The van der Waals surface area contributed by atoms with Crippen LogP contribution in [0, 0.1) is 5.92 Å². The van der Waals surface area contributed by atoms with Gasteiger partial charge in [0.2, 0.25) is 0 Å². The van der Waals surface area contributed by atoms with E-state index >= 15 is 4.39 Å². The zero-order chi connectivity index (χ0) is 30.3. The number of ether oxygens (including phenoxy) is 2. The van der Waals surface area contributed by atoms with Gasteiger partial charge < -0.3 is 19.7 Å². The van der Waals surface area contributed by atoms with E-state index in [-0.39, 0.29) is 35.4 Å². The molecule has 2 amide bonds. The van der Waals surface area contributed by atoms with Crippen LogP contribution in [-0.4, -0.2) is 85.0 Å². The first-order chi connectivity index (χ1) is 20.8. The largest absolute Gasteiger partial charge is 0.497 e. The number of Topliss-reactive ketones (excluding diaryl/α,β-unsaturated/α-hetero) is 1. The van der Waals surface area contributed by atoms with Crippen molar-refractivity contribution in [2.45, 2.75) is 38.0 Å². The fourth-order valence-corrected chi connectivity index (χ4v) is 5.71. The third kappa shape index (κ3) is 7.37. The lowest BCUT2D eigenvalue weighted by atomic mass is 9.88. The molecule has 43 heavy (non-hydrogen) atoms. The van der Waals surface area contributed by atoms with Gasteiger partial charge in [-0.1, -0.05) is 12.1 Å². The molecule has 3 aromatic rings. The van der Waals surface area contributed by atoms with Gasteiger partial charge in [0, 0.05) is 50.4 Å². The number of ketones is 1. The van der Waals surface area contributed by atoms with Crippen molar-refractivity contribution in [3.05, 3.63) is 89.2 Å². The molecule has 226 valence electrons. The first-order valence-electron chi connectivity index (χ1n) is 14.6. The highest BCUT2D eigenvalue weighted by Crippen LogP contribution is 2.24. The van der Waals surface area contributed by atoms with Crippen LogP contribution in [0.25, 0.3) is 0 Å². The maximum absolute atomic E-state index is 15.0. The third-order valence-electron chi connectivity index (χ3n) is 8.25.